The smallest absolute Gasteiger partial charge is 0.274 e. The highest BCUT2D eigenvalue weighted by atomic mass is 19.1. The molecule has 0 fully saturated rings. The average molecular weight is 364 g/mol. The summed E-state index contributed by atoms with van der Waals surface area (Å²) < 4.78 is 13.0. The second kappa shape index (κ2) is 8.40. The van der Waals surface area contributed by atoms with Gasteiger partial charge in [-0.1, -0.05) is 37.3 Å². The second-order valence-corrected chi connectivity index (χ2v) is 6.13. The molecule has 3 rings (SSSR count). The number of nitrogens with zero attached hydrogens (tertiary/aromatic N) is 2. The quantitative estimate of drug-likeness (QED) is 0.682. The van der Waals surface area contributed by atoms with Crippen LogP contribution in [-0.4, -0.2) is 15.9 Å². The minimum absolute atomic E-state index is 0.275. The summed E-state index contributed by atoms with van der Waals surface area (Å²) in [4.78, 5) is 21.2. The van der Waals surface area contributed by atoms with Crippen LogP contribution in [0.3, 0.4) is 0 Å². The van der Waals surface area contributed by atoms with Crippen molar-refractivity contribution in [1.29, 1.82) is 0 Å². The van der Waals surface area contributed by atoms with Gasteiger partial charge in [-0.25, -0.2) is 14.4 Å². The zero-order chi connectivity index (χ0) is 19.2. The molecule has 138 valence electrons. The van der Waals surface area contributed by atoms with E-state index in [9.17, 15) is 9.18 Å². The van der Waals surface area contributed by atoms with Crippen molar-refractivity contribution in [3.05, 3.63) is 83.1 Å². The number of anilines is 2. The molecule has 0 aliphatic rings. The van der Waals surface area contributed by atoms with E-state index in [0.29, 0.717) is 18.2 Å². The van der Waals surface area contributed by atoms with Gasteiger partial charge in [0.1, 0.15) is 23.2 Å². The van der Waals surface area contributed by atoms with Crippen molar-refractivity contribution in [3.63, 3.8) is 0 Å². The Morgan fingerprint density at radius 2 is 1.81 bits per heavy atom. The lowest BCUT2D eigenvalue weighted by atomic mass is 10.1. The van der Waals surface area contributed by atoms with Crippen molar-refractivity contribution in [1.82, 2.24) is 9.97 Å². The maximum Gasteiger partial charge on any atom is 0.274 e. The molecule has 0 aliphatic heterocycles. The van der Waals surface area contributed by atoms with Crippen LogP contribution >= 0.6 is 0 Å². The van der Waals surface area contributed by atoms with Crippen LogP contribution in [-0.2, 0) is 13.0 Å². The van der Waals surface area contributed by atoms with Crippen molar-refractivity contribution in [2.24, 2.45) is 0 Å². The summed E-state index contributed by atoms with van der Waals surface area (Å²) in [6.45, 7) is 4.24. The first-order chi connectivity index (χ1) is 13.0. The first-order valence-electron chi connectivity index (χ1n) is 8.78. The molecule has 1 amide bonds. The van der Waals surface area contributed by atoms with Gasteiger partial charge in [-0.2, -0.15) is 0 Å². The van der Waals surface area contributed by atoms with Crippen LogP contribution in [0.25, 0.3) is 0 Å². The Morgan fingerprint density at radius 3 is 2.56 bits per heavy atom. The zero-order valence-corrected chi connectivity index (χ0v) is 15.3. The van der Waals surface area contributed by atoms with Crippen LogP contribution in [0.15, 0.2) is 54.6 Å². The van der Waals surface area contributed by atoms with E-state index in [0.717, 1.165) is 23.2 Å². The summed E-state index contributed by atoms with van der Waals surface area (Å²) in [7, 11) is 0. The van der Waals surface area contributed by atoms with Gasteiger partial charge >= 0.3 is 0 Å². The molecule has 1 aromatic heterocycles. The number of amides is 1. The molecule has 2 N–H and O–H groups in total. The number of hydrogen-bond acceptors (Lipinski definition) is 4. The van der Waals surface area contributed by atoms with Gasteiger partial charge in [0.15, 0.2) is 0 Å². The number of nitrogens with one attached hydrogen (secondary N) is 2. The number of aryl methyl sites for hydroxylation is 2. The topological polar surface area (TPSA) is 66.9 Å². The van der Waals surface area contributed by atoms with Crippen molar-refractivity contribution >= 4 is 17.4 Å². The standard InChI is InChI=1S/C21H21FN4O/c1-3-16-6-4-5-7-18(16)26-21(27)19-12-20(25-14(2)24-19)23-13-15-8-10-17(22)11-9-15/h4-12H,3,13H2,1-2H3,(H,26,27)(H,23,24,25). The van der Waals surface area contributed by atoms with Crippen LogP contribution in [0.4, 0.5) is 15.9 Å². The normalized spacial score (nSPS) is 10.5. The van der Waals surface area contributed by atoms with Gasteiger partial charge in [-0.15, -0.1) is 0 Å². The molecule has 2 aromatic carbocycles. The molecule has 5 nitrogen and oxygen atoms in total. The highest BCUT2D eigenvalue weighted by molar-refractivity contribution is 6.03. The van der Waals surface area contributed by atoms with Crippen molar-refractivity contribution in [2.45, 2.75) is 26.8 Å². The lowest BCUT2D eigenvalue weighted by Gasteiger charge is -2.11. The summed E-state index contributed by atoms with van der Waals surface area (Å²) in [5.41, 5.74) is 3.04. The molecule has 0 aliphatic carbocycles. The lowest BCUT2D eigenvalue weighted by Crippen LogP contribution is -2.16. The monoisotopic (exact) mass is 364 g/mol. The molecule has 27 heavy (non-hydrogen) atoms. The summed E-state index contributed by atoms with van der Waals surface area (Å²) in [6.07, 6.45) is 0.823. The Kier molecular flexibility index (Phi) is 5.76. The first-order valence-corrected chi connectivity index (χ1v) is 8.78. The molecule has 0 unspecified atom stereocenters. The Hall–Kier alpha value is -3.28. The molecular formula is C21H21FN4O. The van der Waals surface area contributed by atoms with E-state index in [1.807, 2.05) is 31.2 Å². The highest BCUT2D eigenvalue weighted by Gasteiger charge is 2.12. The van der Waals surface area contributed by atoms with E-state index in [4.69, 9.17) is 0 Å². The van der Waals surface area contributed by atoms with Crippen LogP contribution in [0.5, 0.6) is 0 Å². The predicted molar refractivity (Wildman–Crippen MR) is 104 cm³/mol. The maximum atomic E-state index is 13.0. The number of hydrogen-bond donors (Lipinski definition) is 2. The molecule has 0 radical (unpaired) electrons. The number of carbonyl (C=O) groups is 1. The van der Waals surface area contributed by atoms with E-state index in [-0.39, 0.29) is 17.4 Å². The van der Waals surface area contributed by atoms with Gasteiger partial charge in [0.2, 0.25) is 0 Å². The fraction of sp³-hybridized carbons (Fsp3) is 0.190. The van der Waals surface area contributed by atoms with E-state index in [1.165, 1.54) is 12.1 Å². The summed E-state index contributed by atoms with van der Waals surface area (Å²) in [6, 6.07) is 15.5. The highest BCUT2D eigenvalue weighted by Crippen LogP contribution is 2.17. The van der Waals surface area contributed by atoms with E-state index >= 15 is 0 Å². The van der Waals surface area contributed by atoms with Gasteiger partial charge in [-0.05, 0) is 42.7 Å². The molecule has 0 saturated carbocycles. The fourth-order valence-corrected chi connectivity index (χ4v) is 2.71. The summed E-state index contributed by atoms with van der Waals surface area (Å²) in [5.74, 6) is 0.475. The van der Waals surface area contributed by atoms with E-state index in [1.54, 1.807) is 25.1 Å². The number of rotatable bonds is 6. The van der Waals surface area contributed by atoms with Crippen LogP contribution in [0.2, 0.25) is 0 Å². The minimum Gasteiger partial charge on any atom is -0.366 e. The van der Waals surface area contributed by atoms with Crippen LogP contribution in [0, 0.1) is 12.7 Å². The maximum absolute atomic E-state index is 13.0. The zero-order valence-electron chi connectivity index (χ0n) is 15.3. The lowest BCUT2D eigenvalue weighted by molar-refractivity contribution is 0.102. The number of halogens is 1. The average Bonchev–Trinajstić information content (AvgIpc) is 2.67. The Labute approximate surface area is 157 Å². The Morgan fingerprint density at radius 1 is 1.07 bits per heavy atom. The third-order valence-corrected chi connectivity index (χ3v) is 4.10. The molecule has 1 heterocycles. The SMILES string of the molecule is CCc1ccccc1NC(=O)c1cc(NCc2ccc(F)cc2)nc(C)n1. The molecule has 0 atom stereocenters. The number of para-hydroxylation sites is 1. The van der Waals surface area contributed by atoms with E-state index < -0.39 is 0 Å². The molecule has 0 spiro atoms. The minimum atomic E-state index is -0.286. The fourth-order valence-electron chi connectivity index (χ4n) is 2.71. The van der Waals surface area contributed by atoms with Gasteiger partial charge < -0.3 is 10.6 Å². The van der Waals surface area contributed by atoms with Crippen molar-refractivity contribution < 1.29 is 9.18 Å². The Balaban J connectivity index is 1.74. The van der Waals surface area contributed by atoms with Gasteiger partial charge in [0.05, 0.1) is 0 Å². The van der Waals surface area contributed by atoms with Gasteiger partial charge in [0, 0.05) is 18.3 Å². The van der Waals surface area contributed by atoms with Crippen molar-refractivity contribution in [3.8, 4) is 0 Å². The molecular weight excluding hydrogens is 343 g/mol. The number of aromatic nitrogens is 2. The number of benzene rings is 2. The molecule has 0 saturated heterocycles. The number of carbonyl (C=O) groups excluding carboxylic acids is 1. The largest absolute Gasteiger partial charge is 0.366 e. The Bertz CT molecular complexity index is 941. The van der Waals surface area contributed by atoms with E-state index in [2.05, 4.69) is 20.6 Å². The first kappa shape index (κ1) is 18.5. The molecule has 3 aromatic rings. The summed E-state index contributed by atoms with van der Waals surface area (Å²) in [5, 5.41) is 6.06. The predicted octanol–water partition coefficient (Wildman–Crippen LogP) is 4.35. The second-order valence-electron chi connectivity index (χ2n) is 6.13. The van der Waals surface area contributed by atoms with Crippen LogP contribution < -0.4 is 10.6 Å². The summed E-state index contributed by atoms with van der Waals surface area (Å²) >= 11 is 0. The molecule has 6 heteroatoms. The third kappa shape index (κ3) is 4.88. The van der Waals surface area contributed by atoms with Gasteiger partial charge in [0.25, 0.3) is 5.91 Å². The van der Waals surface area contributed by atoms with Gasteiger partial charge in [-0.3, -0.25) is 4.79 Å². The van der Waals surface area contributed by atoms with Crippen LogP contribution in [0.1, 0.15) is 34.4 Å². The van der Waals surface area contributed by atoms with Crippen molar-refractivity contribution in [2.75, 3.05) is 10.6 Å². The third-order valence-electron chi connectivity index (χ3n) is 4.10. The molecule has 0 bridgehead atoms.